The van der Waals surface area contributed by atoms with Crippen molar-refractivity contribution < 1.29 is 22.4 Å². The van der Waals surface area contributed by atoms with Crippen LogP contribution in [0.5, 0.6) is 0 Å². The number of aromatic nitrogens is 3. The molecule has 0 aliphatic rings. The fourth-order valence-corrected chi connectivity index (χ4v) is 1.88. The molecule has 0 atom stereocenters. The molecule has 1 heterocycles. The summed E-state index contributed by atoms with van der Waals surface area (Å²) in [6.07, 6.45) is 1.13. The van der Waals surface area contributed by atoms with Gasteiger partial charge in [-0.15, -0.1) is 5.10 Å². The molecule has 0 bridgehead atoms. The summed E-state index contributed by atoms with van der Waals surface area (Å²) in [7, 11) is 0. The monoisotopic (exact) mass is 336 g/mol. The van der Waals surface area contributed by atoms with Gasteiger partial charge in [0.15, 0.2) is 23.3 Å². The number of nitrogens with one attached hydrogen (secondary N) is 1. The van der Waals surface area contributed by atoms with Gasteiger partial charge in [0.05, 0.1) is 5.69 Å². The normalized spacial score (nSPS) is 10.7. The average Bonchev–Trinajstić information content (AvgIpc) is 3.04. The Kier molecular flexibility index (Phi) is 3.98. The molecular weight excluding hydrogens is 328 g/mol. The fraction of sp³-hybridized carbons (Fsp3) is 0. The van der Waals surface area contributed by atoms with E-state index in [0.29, 0.717) is 0 Å². The van der Waals surface area contributed by atoms with Crippen molar-refractivity contribution in [3.05, 3.63) is 71.8 Å². The third-order valence-electron chi connectivity index (χ3n) is 3.04. The highest BCUT2D eigenvalue weighted by atomic mass is 19.2. The minimum absolute atomic E-state index is 0.0167. The van der Waals surface area contributed by atoms with E-state index in [9.17, 15) is 22.4 Å². The second-order valence-corrected chi connectivity index (χ2v) is 4.69. The maximum Gasteiger partial charge on any atom is 0.295 e. The Hall–Kier alpha value is -3.23. The van der Waals surface area contributed by atoms with Crippen molar-refractivity contribution in [2.45, 2.75) is 0 Å². The van der Waals surface area contributed by atoms with Crippen LogP contribution in [0, 0.1) is 23.3 Å². The third kappa shape index (κ3) is 3.09. The fourth-order valence-electron chi connectivity index (χ4n) is 1.88. The molecule has 0 saturated carbocycles. The summed E-state index contributed by atoms with van der Waals surface area (Å²) in [4.78, 5) is 15.7. The van der Waals surface area contributed by atoms with Crippen LogP contribution in [0.15, 0.2) is 42.7 Å². The summed E-state index contributed by atoms with van der Waals surface area (Å²) in [6.45, 7) is 0. The zero-order valence-electron chi connectivity index (χ0n) is 11.8. The molecule has 2 aromatic carbocycles. The number of amides is 1. The average molecular weight is 336 g/mol. The van der Waals surface area contributed by atoms with E-state index in [1.165, 1.54) is 12.1 Å². The van der Waals surface area contributed by atoms with E-state index in [-0.39, 0.29) is 17.2 Å². The van der Waals surface area contributed by atoms with Gasteiger partial charge in [0.1, 0.15) is 6.33 Å². The van der Waals surface area contributed by atoms with E-state index >= 15 is 0 Å². The van der Waals surface area contributed by atoms with Gasteiger partial charge in [-0.1, -0.05) is 0 Å². The minimum Gasteiger partial charge on any atom is -0.319 e. The van der Waals surface area contributed by atoms with Crippen LogP contribution >= 0.6 is 0 Å². The number of benzene rings is 2. The summed E-state index contributed by atoms with van der Waals surface area (Å²) in [6, 6.07) is 5.89. The van der Waals surface area contributed by atoms with Crippen molar-refractivity contribution in [2.24, 2.45) is 0 Å². The molecule has 1 aromatic heterocycles. The first kappa shape index (κ1) is 15.7. The third-order valence-corrected chi connectivity index (χ3v) is 3.04. The van der Waals surface area contributed by atoms with Crippen molar-refractivity contribution in [3.8, 4) is 5.69 Å². The molecule has 24 heavy (non-hydrogen) atoms. The molecule has 0 radical (unpaired) electrons. The Morgan fingerprint density at radius 2 is 1.58 bits per heavy atom. The van der Waals surface area contributed by atoms with Gasteiger partial charge in [-0.05, 0) is 24.3 Å². The summed E-state index contributed by atoms with van der Waals surface area (Å²) in [5, 5.41) is 6.12. The number of rotatable bonds is 3. The molecule has 0 fully saturated rings. The molecule has 0 aliphatic carbocycles. The van der Waals surface area contributed by atoms with Crippen LogP contribution in [-0.2, 0) is 0 Å². The predicted molar refractivity (Wildman–Crippen MR) is 75.6 cm³/mol. The van der Waals surface area contributed by atoms with Gasteiger partial charge in [0.25, 0.3) is 5.91 Å². The number of nitrogens with zero attached hydrogens (tertiary/aromatic N) is 3. The predicted octanol–water partition coefficient (Wildman–Crippen LogP) is 3.08. The van der Waals surface area contributed by atoms with E-state index in [1.54, 1.807) is 0 Å². The summed E-state index contributed by atoms with van der Waals surface area (Å²) in [5.41, 5.74) is 0.177. The topological polar surface area (TPSA) is 59.8 Å². The van der Waals surface area contributed by atoms with Crippen molar-refractivity contribution in [2.75, 3.05) is 5.32 Å². The van der Waals surface area contributed by atoms with Crippen LogP contribution in [-0.4, -0.2) is 20.7 Å². The maximum absolute atomic E-state index is 13.2. The molecule has 5 nitrogen and oxygen atoms in total. The summed E-state index contributed by atoms with van der Waals surface area (Å²) >= 11 is 0. The van der Waals surface area contributed by atoms with E-state index in [1.807, 2.05) is 0 Å². The zero-order valence-corrected chi connectivity index (χ0v) is 11.8. The molecule has 122 valence electrons. The highest BCUT2D eigenvalue weighted by Gasteiger charge is 2.14. The molecule has 3 aromatic rings. The van der Waals surface area contributed by atoms with E-state index in [0.717, 1.165) is 35.3 Å². The quantitative estimate of drug-likeness (QED) is 0.748. The largest absolute Gasteiger partial charge is 0.319 e. The smallest absolute Gasteiger partial charge is 0.295 e. The Labute approximate surface area is 132 Å². The van der Waals surface area contributed by atoms with E-state index in [2.05, 4.69) is 15.4 Å². The number of hydrogen-bond acceptors (Lipinski definition) is 3. The number of halogens is 4. The highest BCUT2D eigenvalue weighted by molar-refractivity contribution is 6.01. The highest BCUT2D eigenvalue weighted by Crippen LogP contribution is 2.15. The molecule has 1 N–H and O–H groups in total. The Morgan fingerprint density at radius 1 is 0.917 bits per heavy atom. The molecule has 9 heteroatoms. The van der Waals surface area contributed by atoms with Gasteiger partial charge in [-0.2, -0.15) is 0 Å². The van der Waals surface area contributed by atoms with Gasteiger partial charge < -0.3 is 5.32 Å². The Balaban J connectivity index is 1.80. The lowest BCUT2D eigenvalue weighted by Gasteiger charge is -2.03. The Morgan fingerprint density at radius 3 is 2.25 bits per heavy atom. The van der Waals surface area contributed by atoms with Crippen molar-refractivity contribution in [1.82, 2.24) is 14.8 Å². The Bertz CT molecular complexity index is 926. The molecule has 1 amide bonds. The van der Waals surface area contributed by atoms with Crippen molar-refractivity contribution >= 4 is 11.6 Å². The second-order valence-electron chi connectivity index (χ2n) is 4.69. The lowest BCUT2D eigenvalue weighted by molar-refractivity contribution is 0.101. The SMILES string of the molecule is O=C(Nc1ccc(F)c(F)c1)c1ncn(-c2ccc(F)c(F)c2)n1. The molecular formula is C15H8F4N4O. The van der Waals surface area contributed by atoms with Crippen LogP contribution < -0.4 is 5.32 Å². The molecule has 0 saturated heterocycles. The van der Waals surface area contributed by atoms with Gasteiger partial charge in [0, 0.05) is 17.8 Å². The van der Waals surface area contributed by atoms with Crippen LogP contribution in [0.1, 0.15) is 10.6 Å². The van der Waals surface area contributed by atoms with Crippen LogP contribution in [0.25, 0.3) is 5.69 Å². The van der Waals surface area contributed by atoms with Gasteiger partial charge in [-0.25, -0.2) is 27.2 Å². The molecule has 0 spiro atoms. The van der Waals surface area contributed by atoms with E-state index in [4.69, 9.17) is 0 Å². The van der Waals surface area contributed by atoms with Crippen LogP contribution in [0.2, 0.25) is 0 Å². The lowest BCUT2D eigenvalue weighted by Crippen LogP contribution is -2.14. The first-order chi connectivity index (χ1) is 11.4. The lowest BCUT2D eigenvalue weighted by atomic mass is 10.3. The standard InChI is InChI=1S/C15H8F4N4O/c16-10-3-1-8(5-12(10)18)21-15(24)14-20-7-23(22-14)9-2-4-11(17)13(19)6-9/h1-7H,(H,21,24). The van der Waals surface area contributed by atoms with Gasteiger partial charge in [0.2, 0.25) is 5.82 Å². The first-order valence-corrected chi connectivity index (χ1v) is 6.57. The van der Waals surface area contributed by atoms with Crippen LogP contribution in [0.3, 0.4) is 0 Å². The number of carbonyl (C=O) groups excluding carboxylic acids is 1. The van der Waals surface area contributed by atoms with Crippen molar-refractivity contribution in [1.29, 1.82) is 0 Å². The minimum atomic E-state index is -1.12. The molecule has 3 rings (SSSR count). The first-order valence-electron chi connectivity index (χ1n) is 6.57. The summed E-state index contributed by atoms with van der Waals surface area (Å²) in [5.74, 6) is -5.32. The number of hydrogen-bond donors (Lipinski definition) is 1. The maximum atomic E-state index is 13.2. The molecule has 0 unspecified atom stereocenters. The number of carbonyl (C=O) groups is 1. The van der Waals surface area contributed by atoms with Crippen LogP contribution in [0.4, 0.5) is 23.2 Å². The van der Waals surface area contributed by atoms with Gasteiger partial charge >= 0.3 is 0 Å². The van der Waals surface area contributed by atoms with Crippen molar-refractivity contribution in [3.63, 3.8) is 0 Å². The van der Waals surface area contributed by atoms with E-state index < -0.39 is 29.2 Å². The second kappa shape index (κ2) is 6.11. The van der Waals surface area contributed by atoms with Gasteiger partial charge in [-0.3, -0.25) is 4.79 Å². The summed E-state index contributed by atoms with van der Waals surface area (Å²) < 4.78 is 53.1. The number of anilines is 1. The zero-order chi connectivity index (χ0) is 17.3. The molecule has 0 aliphatic heterocycles.